The van der Waals surface area contributed by atoms with Crippen LogP contribution in [0.1, 0.15) is 36.0 Å². The Morgan fingerprint density at radius 2 is 1.86 bits per heavy atom. The Morgan fingerprint density at radius 1 is 1.29 bits per heavy atom. The number of rotatable bonds is 3. The van der Waals surface area contributed by atoms with Gasteiger partial charge in [0.15, 0.2) is 0 Å². The van der Waals surface area contributed by atoms with E-state index in [9.17, 15) is 17.6 Å². The topological polar surface area (TPSA) is 86.5 Å². The van der Waals surface area contributed by atoms with E-state index in [1.807, 2.05) is 0 Å². The number of carbonyl (C=O) groups is 1. The van der Waals surface area contributed by atoms with Crippen molar-refractivity contribution in [2.75, 3.05) is 0 Å². The Hall–Kier alpha value is -0.890. The van der Waals surface area contributed by atoms with Crippen LogP contribution in [0.15, 0.2) is 11.0 Å². The van der Waals surface area contributed by atoms with Crippen LogP contribution in [0.2, 0.25) is 10.0 Å². The minimum Gasteiger partial charge on any atom is -0.459 e. The molecule has 1 aliphatic rings. The predicted molar refractivity (Wildman–Crippen MR) is 75.5 cm³/mol. The van der Waals surface area contributed by atoms with Crippen LogP contribution in [0.4, 0.5) is 4.39 Å². The second-order valence-corrected chi connectivity index (χ2v) is 6.97. The van der Waals surface area contributed by atoms with Gasteiger partial charge in [0, 0.05) is 0 Å². The molecule has 0 heterocycles. The number of hydrogen-bond acceptors (Lipinski definition) is 4. The molecule has 0 aliphatic heterocycles. The summed E-state index contributed by atoms with van der Waals surface area (Å²) in [6.45, 7) is 0. The molecule has 2 N–H and O–H groups in total. The first-order valence-corrected chi connectivity index (χ1v) is 8.43. The molecule has 1 aliphatic carbocycles. The van der Waals surface area contributed by atoms with Crippen molar-refractivity contribution in [3.63, 3.8) is 0 Å². The van der Waals surface area contributed by atoms with Crippen molar-refractivity contribution in [3.05, 3.63) is 27.5 Å². The second-order valence-electron chi connectivity index (χ2n) is 4.72. The number of esters is 1. The third-order valence-corrected chi connectivity index (χ3v) is 5.16. The molecule has 0 aromatic heterocycles. The van der Waals surface area contributed by atoms with Crippen LogP contribution >= 0.6 is 23.2 Å². The normalized spacial score (nSPS) is 16.2. The van der Waals surface area contributed by atoms with Crippen molar-refractivity contribution >= 4 is 39.2 Å². The molecule has 9 heteroatoms. The fraction of sp³-hybridized carbons (Fsp3) is 0.417. The van der Waals surface area contributed by atoms with Crippen molar-refractivity contribution in [2.45, 2.75) is 36.7 Å². The van der Waals surface area contributed by atoms with E-state index in [0.29, 0.717) is 12.8 Å². The predicted octanol–water partition coefficient (Wildman–Crippen LogP) is 2.88. The van der Waals surface area contributed by atoms with Crippen LogP contribution in [-0.4, -0.2) is 20.5 Å². The number of sulfonamides is 1. The van der Waals surface area contributed by atoms with Gasteiger partial charge in [-0.3, -0.25) is 0 Å². The first-order chi connectivity index (χ1) is 9.71. The highest BCUT2D eigenvalue weighted by molar-refractivity contribution is 7.89. The summed E-state index contributed by atoms with van der Waals surface area (Å²) in [5.74, 6) is -2.00. The van der Waals surface area contributed by atoms with Crippen LogP contribution in [0, 0.1) is 5.82 Å². The van der Waals surface area contributed by atoms with E-state index in [1.54, 1.807) is 0 Å². The van der Waals surface area contributed by atoms with Crippen molar-refractivity contribution in [1.29, 1.82) is 0 Å². The van der Waals surface area contributed by atoms with Gasteiger partial charge >= 0.3 is 5.97 Å². The minimum atomic E-state index is -4.38. The van der Waals surface area contributed by atoms with Gasteiger partial charge in [-0.05, 0) is 31.7 Å². The lowest BCUT2D eigenvalue weighted by Crippen LogP contribution is -2.19. The number of carbonyl (C=O) groups excluding carboxylic acids is 1. The van der Waals surface area contributed by atoms with Crippen LogP contribution in [0.25, 0.3) is 0 Å². The molecule has 0 radical (unpaired) electrons. The molecular formula is C12H12Cl2FNO4S. The maximum Gasteiger partial charge on any atom is 0.340 e. The Bertz CT molecular complexity index is 687. The van der Waals surface area contributed by atoms with Gasteiger partial charge in [-0.15, -0.1) is 0 Å². The molecule has 1 aromatic rings. The Morgan fingerprint density at radius 3 is 2.38 bits per heavy atom. The first-order valence-electron chi connectivity index (χ1n) is 6.13. The van der Waals surface area contributed by atoms with Crippen molar-refractivity contribution in [3.8, 4) is 0 Å². The monoisotopic (exact) mass is 355 g/mol. The molecule has 0 amide bonds. The minimum absolute atomic E-state index is 0.273. The zero-order valence-corrected chi connectivity index (χ0v) is 13.1. The van der Waals surface area contributed by atoms with Gasteiger partial charge in [0.05, 0.1) is 15.6 Å². The van der Waals surface area contributed by atoms with Crippen LogP contribution < -0.4 is 5.14 Å². The molecule has 0 bridgehead atoms. The van der Waals surface area contributed by atoms with Crippen molar-refractivity contribution in [2.24, 2.45) is 5.14 Å². The third kappa shape index (κ3) is 3.48. The van der Waals surface area contributed by atoms with E-state index in [2.05, 4.69) is 0 Å². The molecule has 0 spiro atoms. The maximum atomic E-state index is 13.7. The van der Waals surface area contributed by atoms with Gasteiger partial charge in [-0.1, -0.05) is 23.2 Å². The maximum absolute atomic E-state index is 13.7. The summed E-state index contributed by atoms with van der Waals surface area (Å²) in [6, 6.07) is 0.747. The first kappa shape index (κ1) is 16.5. The second kappa shape index (κ2) is 6.08. The smallest absolute Gasteiger partial charge is 0.340 e. The molecule has 0 unspecified atom stereocenters. The summed E-state index contributed by atoms with van der Waals surface area (Å²) in [6.07, 6.45) is 3.01. The van der Waals surface area contributed by atoms with E-state index >= 15 is 0 Å². The largest absolute Gasteiger partial charge is 0.459 e. The molecule has 1 saturated carbocycles. The molecule has 1 fully saturated rings. The summed E-state index contributed by atoms with van der Waals surface area (Å²) in [5, 5.41) is 3.66. The van der Waals surface area contributed by atoms with Crippen LogP contribution in [-0.2, 0) is 14.8 Å². The van der Waals surface area contributed by atoms with Crippen LogP contribution in [0.3, 0.4) is 0 Å². The Labute approximate surface area is 131 Å². The Balaban J connectivity index is 2.44. The lowest BCUT2D eigenvalue weighted by Gasteiger charge is -2.14. The summed E-state index contributed by atoms with van der Waals surface area (Å²) >= 11 is 11.4. The number of hydrogen-bond donors (Lipinski definition) is 1. The summed E-state index contributed by atoms with van der Waals surface area (Å²) < 4.78 is 41.8. The van der Waals surface area contributed by atoms with Gasteiger partial charge in [-0.2, -0.15) is 0 Å². The highest BCUT2D eigenvalue weighted by Crippen LogP contribution is 2.34. The number of nitrogens with two attached hydrogens (primary N) is 1. The molecule has 0 saturated heterocycles. The molecular weight excluding hydrogens is 344 g/mol. The molecule has 5 nitrogen and oxygen atoms in total. The molecule has 21 heavy (non-hydrogen) atoms. The van der Waals surface area contributed by atoms with Gasteiger partial charge in [0.1, 0.15) is 16.8 Å². The average Bonchev–Trinajstić information content (AvgIpc) is 2.85. The lowest BCUT2D eigenvalue weighted by atomic mass is 10.2. The summed E-state index contributed by atoms with van der Waals surface area (Å²) in [5.41, 5.74) is -0.408. The van der Waals surface area contributed by atoms with Crippen molar-refractivity contribution < 1.29 is 22.3 Å². The fourth-order valence-electron chi connectivity index (χ4n) is 2.20. The number of halogens is 3. The fourth-order valence-corrected chi connectivity index (χ4v) is 3.98. The van der Waals surface area contributed by atoms with Crippen molar-refractivity contribution in [1.82, 2.24) is 0 Å². The summed E-state index contributed by atoms with van der Waals surface area (Å²) in [4.78, 5) is 11.2. The van der Waals surface area contributed by atoms with E-state index in [4.69, 9.17) is 33.1 Å². The Kier molecular flexibility index (Phi) is 4.77. The van der Waals surface area contributed by atoms with E-state index < -0.39 is 42.3 Å². The van der Waals surface area contributed by atoms with Gasteiger partial charge in [-0.25, -0.2) is 22.7 Å². The number of benzene rings is 1. The zero-order chi connectivity index (χ0) is 15.8. The summed E-state index contributed by atoms with van der Waals surface area (Å²) in [7, 11) is -4.38. The van der Waals surface area contributed by atoms with E-state index in [-0.39, 0.29) is 6.10 Å². The third-order valence-electron chi connectivity index (χ3n) is 3.20. The number of primary sulfonamides is 1. The molecule has 0 atom stereocenters. The van der Waals surface area contributed by atoms with Gasteiger partial charge < -0.3 is 4.74 Å². The average molecular weight is 356 g/mol. The van der Waals surface area contributed by atoms with Gasteiger partial charge in [0.2, 0.25) is 10.0 Å². The zero-order valence-electron chi connectivity index (χ0n) is 10.7. The van der Waals surface area contributed by atoms with E-state index in [0.717, 1.165) is 18.9 Å². The molecule has 2 rings (SSSR count). The number of ether oxygens (including phenoxy) is 1. The van der Waals surface area contributed by atoms with Crippen LogP contribution in [0.5, 0.6) is 0 Å². The standard InChI is InChI=1S/C12H12Cl2FNO4S/c13-9-7(12(17)20-6-3-1-2-4-6)5-8(15)10(14)11(9)21(16,18)19/h5-6H,1-4H2,(H2,16,18,19). The highest BCUT2D eigenvalue weighted by atomic mass is 35.5. The molecule has 1 aromatic carbocycles. The highest BCUT2D eigenvalue weighted by Gasteiger charge is 2.29. The molecule has 116 valence electrons. The van der Waals surface area contributed by atoms with Gasteiger partial charge in [0.25, 0.3) is 0 Å². The SMILES string of the molecule is NS(=O)(=O)c1c(Cl)c(F)cc(C(=O)OC2CCCC2)c1Cl. The quantitative estimate of drug-likeness (QED) is 0.667. The van der Waals surface area contributed by atoms with E-state index in [1.165, 1.54) is 0 Å². The lowest BCUT2D eigenvalue weighted by molar-refractivity contribution is 0.0317.